The summed E-state index contributed by atoms with van der Waals surface area (Å²) >= 11 is 0. The van der Waals surface area contributed by atoms with Crippen LogP contribution in [0.15, 0.2) is 58.3 Å². The monoisotopic (exact) mass is 454 g/mol. The highest BCUT2D eigenvalue weighted by Gasteiger charge is 2.51. The molecule has 0 bridgehead atoms. The van der Waals surface area contributed by atoms with E-state index < -0.39 is 44.7 Å². The Labute approximate surface area is 176 Å². The SMILES string of the molecule is Cc1ccc(S(=O)(=O)OC2CO[C@H]3[C@@H]2OC[C@H]3OS(=O)(=O)c2ccc(C)cc2)cc1. The normalized spacial score (nSPS) is 26.6. The van der Waals surface area contributed by atoms with Gasteiger partial charge < -0.3 is 9.47 Å². The highest BCUT2D eigenvalue weighted by Crippen LogP contribution is 2.33. The molecule has 0 saturated carbocycles. The molecule has 30 heavy (non-hydrogen) atoms. The lowest BCUT2D eigenvalue weighted by Gasteiger charge is -2.17. The van der Waals surface area contributed by atoms with Gasteiger partial charge in [0.25, 0.3) is 20.2 Å². The Morgan fingerprint density at radius 1 is 0.667 bits per heavy atom. The van der Waals surface area contributed by atoms with E-state index in [2.05, 4.69) is 0 Å². The smallest absolute Gasteiger partial charge is 0.297 e. The molecule has 0 radical (unpaired) electrons. The molecule has 2 fully saturated rings. The maximum absolute atomic E-state index is 12.6. The Hall–Kier alpha value is -1.82. The fraction of sp³-hybridized carbons (Fsp3) is 0.400. The second-order valence-electron chi connectivity index (χ2n) is 7.40. The Balaban J connectivity index is 1.44. The van der Waals surface area contributed by atoms with E-state index in [0.29, 0.717) is 0 Å². The van der Waals surface area contributed by atoms with E-state index >= 15 is 0 Å². The van der Waals surface area contributed by atoms with Gasteiger partial charge in [-0.3, -0.25) is 8.37 Å². The van der Waals surface area contributed by atoms with E-state index in [9.17, 15) is 16.8 Å². The maximum Gasteiger partial charge on any atom is 0.297 e. The minimum atomic E-state index is -4.02. The Morgan fingerprint density at radius 3 is 1.33 bits per heavy atom. The summed E-state index contributed by atoms with van der Waals surface area (Å²) in [7, 11) is -8.04. The zero-order valence-corrected chi connectivity index (χ0v) is 18.1. The van der Waals surface area contributed by atoms with Crippen LogP contribution in [0.4, 0.5) is 0 Å². The summed E-state index contributed by atoms with van der Waals surface area (Å²) in [5.74, 6) is 0. The summed E-state index contributed by atoms with van der Waals surface area (Å²) in [6, 6.07) is 12.6. The molecule has 0 amide bonds. The molecule has 4 rings (SSSR count). The van der Waals surface area contributed by atoms with Gasteiger partial charge in [-0.05, 0) is 38.1 Å². The number of ether oxygens (including phenoxy) is 2. The van der Waals surface area contributed by atoms with Crippen molar-refractivity contribution in [3.8, 4) is 0 Å². The molecule has 0 N–H and O–H groups in total. The zero-order valence-electron chi connectivity index (χ0n) is 16.4. The molecule has 10 heteroatoms. The van der Waals surface area contributed by atoms with Crippen LogP contribution < -0.4 is 0 Å². The Kier molecular flexibility index (Phi) is 5.73. The molecule has 0 aromatic heterocycles. The van der Waals surface area contributed by atoms with Crippen LogP contribution in [0, 0.1) is 13.8 Å². The fourth-order valence-electron chi connectivity index (χ4n) is 3.44. The van der Waals surface area contributed by atoms with E-state index in [1.54, 1.807) is 24.3 Å². The molecule has 8 nitrogen and oxygen atoms in total. The van der Waals surface area contributed by atoms with Crippen LogP contribution in [0.1, 0.15) is 11.1 Å². The molecule has 0 aliphatic carbocycles. The number of hydrogen-bond donors (Lipinski definition) is 0. The quantitative estimate of drug-likeness (QED) is 0.610. The van der Waals surface area contributed by atoms with E-state index in [1.807, 2.05) is 13.8 Å². The third-order valence-corrected chi connectivity index (χ3v) is 7.78. The molecular formula is C20H22O8S2. The molecule has 2 aliphatic heterocycles. The van der Waals surface area contributed by atoms with Crippen molar-refractivity contribution >= 4 is 20.2 Å². The molecular weight excluding hydrogens is 432 g/mol. The third kappa shape index (κ3) is 4.29. The van der Waals surface area contributed by atoms with Gasteiger partial charge in [0.05, 0.1) is 23.0 Å². The molecule has 1 unspecified atom stereocenters. The summed E-state index contributed by atoms with van der Waals surface area (Å²) in [6.07, 6.45) is -3.28. The van der Waals surface area contributed by atoms with Gasteiger partial charge in [0.15, 0.2) is 0 Å². The first-order valence-electron chi connectivity index (χ1n) is 9.39. The lowest BCUT2D eigenvalue weighted by Crippen LogP contribution is -2.36. The molecule has 2 aliphatic rings. The summed E-state index contributed by atoms with van der Waals surface area (Å²) in [6.45, 7) is 3.60. The van der Waals surface area contributed by atoms with Crippen molar-refractivity contribution < 1.29 is 34.7 Å². The number of fused-ring (bicyclic) bond motifs is 1. The molecule has 2 heterocycles. The summed E-state index contributed by atoms with van der Waals surface area (Å²) in [5.41, 5.74) is 1.85. The number of benzene rings is 2. The van der Waals surface area contributed by atoms with Gasteiger partial charge in [-0.25, -0.2) is 0 Å². The predicted octanol–water partition coefficient (Wildman–Crippen LogP) is 1.95. The maximum atomic E-state index is 12.6. The standard InChI is InChI=1S/C20H22O8S2/c1-13-3-7-15(8-4-13)29(21,22)27-17-11-25-20-18(12-26-19(17)20)28-30(23,24)16-9-5-14(2)6-10-16/h3-10,17-20H,11-12H2,1-2H3/t17-,18?,19-,20-/m1/s1. The number of hydrogen-bond acceptors (Lipinski definition) is 8. The average molecular weight is 455 g/mol. The van der Waals surface area contributed by atoms with Crippen LogP contribution in [0.25, 0.3) is 0 Å². The highest BCUT2D eigenvalue weighted by molar-refractivity contribution is 7.87. The van der Waals surface area contributed by atoms with Crippen LogP contribution in [0.2, 0.25) is 0 Å². The average Bonchev–Trinajstić information content (AvgIpc) is 3.26. The van der Waals surface area contributed by atoms with Crippen molar-refractivity contribution in [1.82, 2.24) is 0 Å². The van der Waals surface area contributed by atoms with Gasteiger partial charge in [-0.2, -0.15) is 16.8 Å². The molecule has 162 valence electrons. The number of rotatable bonds is 6. The topological polar surface area (TPSA) is 105 Å². The van der Waals surface area contributed by atoms with Crippen LogP contribution >= 0.6 is 0 Å². The van der Waals surface area contributed by atoms with Gasteiger partial charge >= 0.3 is 0 Å². The van der Waals surface area contributed by atoms with Crippen LogP contribution in [0.5, 0.6) is 0 Å². The summed E-state index contributed by atoms with van der Waals surface area (Å²) in [5, 5.41) is 0. The van der Waals surface area contributed by atoms with Crippen molar-refractivity contribution in [3.63, 3.8) is 0 Å². The Morgan fingerprint density at radius 2 is 1.00 bits per heavy atom. The fourth-order valence-corrected chi connectivity index (χ4v) is 5.58. The number of aryl methyl sites for hydroxylation is 2. The summed E-state index contributed by atoms with van der Waals surface area (Å²) < 4.78 is 72.1. The van der Waals surface area contributed by atoms with E-state index in [-0.39, 0.29) is 23.0 Å². The van der Waals surface area contributed by atoms with Gasteiger partial charge in [0.2, 0.25) is 0 Å². The second kappa shape index (κ2) is 8.03. The summed E-state index contributed by atoms with van der Waals surface area (Å²) in [4.78, 5) is 0.0635. The van der Waals surface area contributed by atoms with Crippen molar-refractivity contribution in [3.05, 3.63) is 59.7 Å². The minimum absolute atomic E-state index is 0.0318. The van der Waals surface area contributed by atoms with E-state index in [1.165, 1.54) is 24.3 Å². The van der Waals surface area contributed by atoms with Crippen molar-refractivity contribution in [2.75, 3.05) is 13.2 Å². The lowest BCUT2D eigenvalue weighted by molar-refractivity contribution is 0.0220. The van der Waals surface area contributed by atoms with E-state index in [0.717, 1.165) is 11.1 Å². The zero-order chi connectivity index (χ0) is 21.5. The first kappa shape index (κ1) is 21.4. The first-order valence-corrected chi connectivity index (χ1v) is 12.2. The lowest BCUT2D eigenvalue weighted by atomic mass is 10.1. The molecule has 4 atom stereocenters. The van der Waals surface area contributed by atoms with Gasteiger partial charge in [-0.1, -0.05) is 35.4 Å². The minimum Gasteiger partial charge on any atom is -0.370 e. The molecule has 2 aromatic carbocycles. The van der Waals surface area contributed by atoms with Gasteiger partial charge in [0, 0.05) is 0 Å². The van der Waals surface area contributed by atoms with Crippen LogP contribution in [0.3, 0.4) is 0 Å². The van der Waals surface area contributed by atoms with Crippen molar-refractivity contribution in [1.29, 1.82) is 0 Å². The van der Waals surface area contributed by atoms with Crippen molar-refractivity contribution in [2.24, 2.45) is 0 Å². The largest absolute Gasteiger partial charge is 0.370 e. The van der Waals surface area contributed by atoms with Crippen LogP contribution in [-0.2, 0) is 38.1 Å². The second-order valence-corrected chi connectivity index (χ2v) is 10.5. The van der Waals surface area contributed by atoms with Gasteiger partial charge in [-0.15, -0.1) is 0 Å². The first-order chi connectivity index (χ1) is 14.2. The Bertz CT molecular complexity index is 1020. The molecule has 0 spiro atoms. The molecule has 2 aromatic rings. The highest BCUT2D eigenvalue weighted by atomic mass is 32.2. The van der Waals surface area contributed by atoms with Crippen molar-refractivity contribution in [2.45, 2.75) is 48.1 Å². The molecule has 2 saturated heterocycles. The van der Waals surface area contributed by atoms with Crippen LogP contribution in [-0.4, -0.2) is 54.5 Å². The van der Waals surface area contributed by atoms with E-state index in [4.69, 9.17) is 17.8 Å². The third-order valence-electron chi connectivity index (χ3n) is 5.08. The predicted molar refractivity (Wildman–Crippen MR) is 106 cm³/mol. The van der Waals surface area contributed by atoms with Gasteiger partial charge in [0.1, 0.15) is 24.4 Å².